The molecule has 6 nitrogen and oxygen atoms in total. The number of nitrogens with zero attached hydrogens (tertiary/aromatic N) is 3. The Balaban J connectivity index is 1.58. The molecule has 2 heterocycles. The van der Waals surface area contributed by atoms with Gasteiger partial charge in [0, 0.05) is 29.5 Å². The van der Waals surface area contributed by atoms with E-state index < -0.39 is 5.97 Å². The van der Waals surface area contributed by atoms with Crippen molar-refractivity contribution in [2.75, 3.05) is 0 Å². The standard InChI is InChI=1S/C23H18FN3O3/c1-16-13-20(26-30-16)15-29-22(28)12-9-18-14-27(21-5-3-2-4-6-21)25-23(18)17-7-10-19(24)11-8-17/h2-14H,15H2,1H3/b12-9+. The molecule has 0 spiro atoms. The highest BCUT2D eigenvalue weighted by molar-refractivity contribution is 5.88. The molecule has 2 aromatic carbocycles. The lowest BCUT2D eigenvalue weighted by atomic mass is 10.1. The molecule has 4 rings (SSSR count). The van der Waals surface area contributed by atoms with E-state index in [9.17, 15) is 9.18 Å². The van der Waals surface area contributed by atoms with E-state index in [1.54, 1.807) is 42.1 Å². The number of esters is 1. The van der Waals surface area contributed by atoms with Crippen molar-refractivity contribution in [2.24, 2.45) is 0 Å². The Morgan fingerprint density at radius 1 is 1.17 bits per heavy atom. The van der Waals surface area contributed by atoms with Crippen molar-refractivity contribution < 1.29 is 18.4 Å². The molecule has 0 fully saturated rings. The van der Waals surface area contributed by atoms with E-state index in [0.717, 1.165) is 11.3 Å². The fraction of sp³-hybridized carbons (Fsp3) is 0.0870. The Bertz CT molecular complexity index is 1180. The Labute approximate surface area is 172 Å². The van der Waals surface area contributed by atoms with Crippen LogP contribution in [0.15, 0.2) is 77.5 Å². The summed E-state index contributed by atoms with van der Waals surface area (Å²) in [5.41, 5.74) is 3.45. The van der Waals surface area contributed by atoms with Gasteiger partial charge in [-0.2, -0.15) is 5.10 Å². The van der Waals surface area contributed by atoms with Crippen molar-refractivity contribution in [3.05, 3.63) is 95.8 Å². The first kappa shape index (κ1) is 19.3. The lowest BCUT2D eigenvalue weighted by molar-refractivity contribution is -0.139. The topological polar surface area (TPSA) is 70.2 Å². The van der Waals surface area contributed by atoms with Crippen LogP contribution in [0.3, 0.4) is 0 Å². The lowest BCUT2D eigenvalue weighted by Crippen LogP contribution is -2.00. The first-order valence-electron chi connectivity index (χ1n) is 9.26. The quantitative estimate of drug-likeness (QED) is 0.344. The van der Waals surface area contributed by atoms with E-state index in [4.69, 9.17) is 9.26 Å². The van der Waals surface area contributed by atoms with Gasteiger partial charge >= 0.3 is 5.97 Å². The number of aromatic nitrogens is 3. The van der Waals surface area contributed by atoms with Crippen LogP contribution in [-0.4, -0.2) is 20.9 Å². The third kappa shape index (κ3) is 4.52. The molecule has 0 amide bonds. The van der Waals surface area contributed by atoms with Gasteiger partial charge in [0.1, 0.15) is 23.9 Å². The zero-order chi connectivity index (χ0) is 20.9. The maximum Gasteiger partial charge on any atom is 0.331 e. The van der Waals surface area contributed by atoms with Gasteiger partial charge in [-0.25, -0.2) is 13.9 Å². The van der Waals surface area contributed by atoms with Crippen LogP contribution < -0.4 is 0 Å². The molecule has 0 saturated heterocycles. The van der Waals surface area contributed by atoms with Gasteiger partial charge in [-0.05, 0) is 49.4 Å². The van der Waals surface area contributed by atoms with Crippen LogP contribution in [-0.2, 0) is 16.1 Å². The third-order valence-corrected chi connectivity index (χ3v) is 4.32. The van der Waals surface area contributed by atoms with E-state index in [-0.39, 0.29) is 12.4 Å². The van der Waals surface area contributed by atoms with Crippen LogP contribution in [0.2, 0.25) is 0 Å². The van der Waals surface area contributed by atoms with Gasteiger partial charge in [0.25, 0.3) is 0 Å². The van der Waals surface area contributed by atoms with Crippen molar-refractivity contribution in [3.63, 3.8) is 0 Å². The smallest absolute Gasteiger partial charge is 0.331 e. The Morgan fingerprint density at radius 3 is 2.63 bits per heavy atom. The van der Waals surface area contributed by atoms with Gasteiger partial charge in [0.05, 0.1) is 11.4 Å². The number of halogens is 1. The molecule has 0 atom stereocenters. The van der Waals surface area contributed by atoms with Gasteiger partial charge in [0.2, 0.25) is 0 Å². The second kappa shape index (κ2) is 8.57. The summed E-state index contributed by atoms with van der Waals surface area (Å²) in [4.78, 5) is 12.1. The summed E-state index contributed by atoms with van der Waals surface area (Å²) in [6.07, 6.45) is 4.76. The monoisotopic (exact) mass is 403 g/mol. The van der Waals surface area contributed by atoms with Crippen molar-refractivity contribution in [1.82, 2.24) is 14.9 Å². The van der Waals surface area contributed by atoms with Gasteiger partial charge in [-0.15, -0.1) is 0 Å². The molecule has 0 radical (unpaired) electrons. The van der Waals surface area contributed by atoms with E-state index in [2.05, 4.69) is 10.3 Å². The Kier molecular flexibility index (Phi) is 5.52. The molecule has 0 aliphatic rings. The fourth-order valence-electron chi connectivity index (χ4n) is 2.89. The molecule has 0 saturated carbocycles. The largest absolute Gasteiger partial charge is 0.456 e. The minimum Gasteiger partial charge on any atom is -0.456 e. The second-order valence-corrected chi connectivity index (χ2v) is 6.59. The number of carbonyl (C=O) groups excluding carboxylic acids is 1. The minimum atomic E-state index is -0.520. The number of hydrogen-bond donors (Lipinski definition) is 0. The molecule has 150 valence electrons. The molecule has 30 heavy (non-hydrogen) atoms. The highest BCUT2D eigenvalue weighted by Gasteiger charge is 2.12. The first-order chi connectivity index (χ1) is 14.6. The summed E-state index contributed by atoms with van der Waals surface area (Å²) in [5.74, 6) is -0.202. The van der Waals surface area contributed by atoms with Gasteiger partial charge in [-0.1, -0.05) is 23.4 Å². The van der Waals surface area contributed by atoms with Crippen LogP contribution in [0, 0.1) is 12.7 Å². The number of rotatable bonds is 6. The number of aryl methyl sites for hydroxylation is 1. The van der Waals surface area contributed by atoms with E-state index in [1.165, 1.54) is 18.2 Å². The number of benzene rings is 2. The van der Waals surface area contributed by atoms with Crippen molar-refractivity contribution in [2.45, 2.75) is 13.5 Å². The zero-order valence-corrected chi connectivity index (χ0v) is 16.2. The molecule has 0 aliphatic heterocycles. The fourth-order valence-corrected chi connectivity index (χ4v) is 2.89. The molecular weight excluding hydrogens is 385 g/mol. The predicted octanol–water partition coefficient (Wildman–Crippen LogP) is 4.73. The summed E-state index contributed by atoms with van der Waals surface area (Å²) in [5, 5.41) is 8.41. The molecule has 0 aliphatic carbocycles. The summed E-state index contributed by atoms with van der Waals surface area (Å²) in [6.45, 7) is 1.79. The second-order valence-electron chi connectivity index (χ2n) is 6.59. The molecule has 7 heteroatoms. The summed E-state index contributed by atoms with van der Waals surface area (Å²) < 4.78 is 25.2. The van der Waals surface area contributed by atoms with Crippen LogP contribution >= 0.6 is 0 Å². The molecule has 0 N–H and O–H groups in total. The summed E-state index contributed by atoms with van der Waals surface area (Å²) in [7, 11) is 0. The molecule has 0 unspecified atom stereocenters. The van der Waals surface area contributed by atoms with E-state index >= 15 is 0 Å². The van der Waals surface area contributed by atoms with Crippen molar-refractivity contribution in [1.29, 1.82) is 0 Å². The van der Waals surface area contributed by atoms with Crippen LogP contribution in [0.1, 0.15) is 17.0 Å². The zero-order valence-electron chi connectivity index (χ0n) is 16.2. The summed E-state index contributed by atoms with van der Waals surface area (Å²) in [6, 6.07) is 17.3. The predicted molar refractivity (Wildman–Crippen MR) is 109 cm³/mol. The third-order valence-electron chi connectivity index (χ3n) is 4.32. The lowest BCUT2D eigenvalue weighted by Gasteiger charge is -2.00. The van der Waals surface area contributed by atoms with Crippen molar-refractivity contribution in [3.8, 4) is 16.9 Å². The van der Waals surface area contributed by atoms with Crippen LogP contribution in [0.25, 0.3) is 23.0 Å². The van der Waals surface area contributed by atoms with Crippen LogP contribution in [0.4, 0.5) is 4.39 Å². The minimum absolute atomic E-state index is 0.0224. The molecule has 0 bridgehead atoms. The summed E-state index contributed by atoms with van der Waals surface area (Å²) >= 11 is 0. The number of carbonyl (C=O) groups is 1. The maximum absolute atomic E-state index is 13.3. The number of ether oxygens (including phenoxy) is 1. The highest BCUT2D eigenvalue weighted by Crippen LogP contribution is 2.25. The van der Waals surface area contributed by atoms with E-state index in [0.29, 0.717) is 22.7 Å². The van der Waals surface area contributed by atoms with Crippen molar-refractivity contribution >= 4 is 12.0 Å². The molecular formula is C23H18FN3O3. The molecule has 2 aromatic heterocycles. The number of hydrogen-bond acceptors (Lipinski definition) is 5. The van der Waals surface area contributed by atoms with Gasteiger partial charge in [-0.3, -0.25) is 0 Å². The van der Waals surface area contributed by atoms with E-state index in [1.807, 2.05) is 30.3 Å². The average Bonchev–Trinajstić information content (AvgIpc) is 3.38. The Hall–Kier alpha value is -4.00. The molecule has 4 aromatic rings. The first-order valence-corrected chi connectivity index (χ1v) is 9.26. The SMILES string of the molecule is Cc1cc(COC(=O)/C=C/c2cn(-c3ccccc3)nc2-c2ccc(F)cc2)no1. The van der Waals surface area contributed by atoms with Crippen LogP contribution in [0.5, 0.6) is 0 Å². The van der Waals surface area contributed by atoms with Gasteiger partial charge < -0.3 is 9.26 Å². The maximum atomic E-state index is 13.3. The highest BCUT2D eigenvalue weighted by atomic mass is 19.1. The Morgan fingerprint density at radius 2 is 1.93 bits per heavy atom. The number of para-hydroxylation sites is 1. The van der Waals surface area contributed by atoms with Gasteiger partial charge in [0.15, 0.2) is 0 Å². The average molecular weight is 403 g/mol. The normalized spacial score (nSPS) is 11.1.